The van der Waals surface area contributed by atoms with Crippen LogP contribution in [-0.4, -0.2) is 45.4 Å². The fraction of sp³-hybridized carbons (Fsp3) is 0.200. The zero-order valence-corrected chi connectivity index (χ0v) is 24.4. The molecule has 3 amide bonds. The summed E-state index contributed by atoms with van der Waals surface area (Å²) in [7, 11) is 0. The van der Waals surface area contributed by atoms with E-state index in [0.29, 0.717) is 44.5 Å². The summed E-state index contributed by atoms with van der Waals surface area (Å²) in [6.07, 6.45) is 4.20. The van der Waals surface area contributed by atoms with Gasteiger partial charge in [-0.1, -0.05) is 42.2 Å². The number of carbonyl (C=O) groups is 3. The lowest BCUT2D eigenvalue weighted by Gasteiger charge is -2.09. The van der Waals surface area contributed by atoms with Crippen LogP contribution in [-0.2, 0) is 4.79 Å². The molecule has 5 rings (SSSR count). The van der Waals surface area contributed by atoms with E-state index in [9.17, 15) is 14.4 Å². The number of nitrogens with one attached hydrogen (secondary N) is 4. The van der Waals surface area contributed by atoms with Gasteiger partial charge in [0, 0.05) is 29.9 Å². The molecule has 10 nitrogen and oxygen atoms in total. The second-order valence-electron chi connectivity index (χ2n) is 9.64. The highest BCUT2D eigenvalue weighted by Crippen LogP contribution is 2.27. The molecule has 1 aliphatic rings. The standard InChI is InChI=1S/C30H28N6O4S2/c1-18-5-14-23(26-25(18)35-40-36-26)33-22-12-10-21(11-13-22)28(38)32-16-4-2-3-15-31-27(37)20-8-6-19(7-9-20)17-24-29(39)34-30(41)42-24/h5-14,17,33H,2-4,15-16H2,1H3,(H,31,37)(H,32,38)(H,34,39,41)/b24-17-. The molecule has 2 heterocycles. The first-order chi connectivity index (χ1) is 20.4. The zero-order chi connectivity index (χ0) is 29.5. The highest BCUT2D eigenvalue weighted by atomic mass is 32.2. The Hall–Kier alpha value is -4.55. The molecule has 0 radical (unpaired) electrons. The molecule has 0 spiro atoms. The van der Waals surface area contributed by atoms with E-state index in [2.05, 4.69) is 31.6 Å². The van der Waals surface area contributed by atoms with Gasteiger partial charge in [-0.15, -0.1) is 0 Å². The Balaban J connectivity index is 0.984. The molecule has 1 aliphatic heterocycles. The quantitative estimate of drug-likeness (QED) is 0.105. The Morgan fingerprint density at radius 3 is 2.12 bits per heavy atom. The fourth-order valence-corrected chi connectivity index (χ4v) is 5.33. The molecule has 3 aromatic carbocycles. The summed E-state index contributed by atoms with van der Waals surface area (Å²) >= 11 is 6.21. The van der Waals surface area contributed by atoms with Crippen LogP contribution >= 0.6 is 24.0 Å². The van der Waals surface area contributed by atoms with Gasteiger partial charge in [0.05, 0.1) is 10.6 Å². The van der Waals surface area contributed by atoms with Crippen LogP contribution in [0.4, 0.5) is 11.4 Å². The maximum atomic E-state index is 12.5. The van der Waals surface area contributed by atoms with Crippen molar-refractivity contribution in [3.05, 3.63) is 87.8 Å². The fourth-order valence-electron chi connectivity index (χ4n) is 4.29. The van der Waals surface area contributed by atoms with Crippen LogP contribution in [0.2, 0.25) is 0 Å². The normalized spacial score (nSPS) is 13.8. The van der Waals surface area contributed by atoms with Crippen molar-refractivity contribution >= 4 is 74.5 Å². The van der Waals surface area contributed by atoms with Gasteiger partial charge in [-0.05, 0) is 96.2 Å². The molecular weight excluding hydrogens is 573 g/mol. The predicted molar refractivity (Wildman–Crippen MR) is 168 cm³/mol. The highest BCUT2D eigenvalue weighted by Gasteiger charge is 2.21. The maximum absolute atomic E-state index is 12.5. The van der Waals surface area contributed by atoms with Gasteiger partial charge < -0.3 is 21.3 Å². The van der Waals surface area contributed by atoms with Crippen molar-refractivity contribution in [1.82, 2.24) is 26.3 Å². The summed E-state index contributed by atoms with van der Waals surface area (Å²) < 4.78 is 5.31. The number of hydrogen-bond donors (Lipinski definition) is 4. The topological polar surface area (TPSA) is 138 Å². The number of aromatic nitrogens is 2. The minimum absolute atomic E-state index is 0.137. The molecule has 1 aromatic heterocycles. The number of fused-ring (bicyclic) bond motifs is 1. The summed E-state index contributed by atoms with van der Waals surface area (Å²) in [6.45, 7) is 3.03. The summed E-state index contributed by atoms with van der Waals surface area (Å²) in [4.78, 5) is 37.3. The minimum atomic E-state index is -0.208. The summed E-state index contributed by atoms with van der Waals surface area (Å²) in [5.41, 5.74) is 5.87. The summed E-state index contributed by atoms with van der Waals surface area (Å²) in [5.74, 6) is -0.498. The van der Waals surface area contributed by atoms with E-state index < -0.39 is 0 Å². The first-order valence-corrected chi connectivity index (χ1v) is 14.6. The average molecular weight is 601 g/mol. The number of aryl methyl sites for hydroxylation is 1. The Morgan fingerprint density at radius 1 is 0.881 bits per heavy atom. The lowest BCUT2D eigenvalue weighted by Crippen LogP contribution is -2.26. The molecular formula is C30H28N6O4S2. The maximum Gasteiger partial charge on any atom is 0.263 e. The number of unbranched alkanes of at least 4 members (excludes halogenated alkanes) is 2. The van der Waals surface area contributed by atoms with E-state index in [4.69, 9.17) is 16.8 Å². The summed E-state index contributed by atoms with van der Waals surface area (Å²) in [5, 5.41) is 19.6. The van der Waals surface area contributed by atoms with Gasteiger partial charge in [0.2, 0.25) is 0 Å². The van der Waals surface area contributed by atoms with Crippen molar-refractivity contribution in [3.63, 3.8) is 0 Å². The molecule has 12 heteroatoms. The van der Waals surface area contributed by atoms with Gasteiger partial charge >= 0.3 is 0 Å². The van der Waals surface area contributed by atoms with Gasteiger partial charge in [0.15, 0.2) is 5.52 Å². The van der Waals surface area contributed by atoms with E-state index in [0.717, 1.165) is 41.8 Å². The third kappa shape index (κ3) is 7.20. The second kappa shape index (κ2) is 13.4. The lowest BCUT2D eigenvalue weighted by atomic mass is 10.1. The number of thioether (sulfide) groups is 1. The van der Waals surface area contributed by atoms with Crippen LogP contribution in [0.5, 0.6) is 0 Å². The number of benzene rings is 3. The first-order valence-electron chi connectivity index (χ1n) is 13.4. The number of rotatable bonds is 11. The number of carbonyl (C=O) groups excluding carboxylic acids is 3. The Morgan fingerprint density at radius 2 is 1.50 bits per heavy atom. The van der Waals surface area contributed by atoms with Crippen molar-refractivity contribution in [1.29, 1.82) is 0 Å². The van der Waals surface area contributed by atoms with E-state index in [-0.39, 0.29) is 17.7 Å². The highest BCUT2D eigenvalue weighted by molar-refractivity contribution is 8.26. The van der Waals surface area contributed by atoms with Crippen molar-refractivity contribution < 1.29 is 19.0 Å². The number of anilines is 2. The van der Waals surface area contributed by atoms with Crippen LogP contribution in [0.15, 0.2) is 70.2 Å². The number of thiocarbonyl (C=S) groups is 1. The van der Waals surface area contributed by atoms with E-state index in [1.165, 1.54) is 11.8 Å². The average Bonchev–Trinajstić information content (AvgIpc) is 3.61. The molecule has 0 aliphatic carbocycles. The number of amides is 3. The molecule has 0 atom stereocenters. The van der Waals surface area contributed by atoms with E-state index >= 15 is 0 Å². The van der Waals surface area contributed by atoms with E-state index in [1.807, 2.05) is 31.2 Å². The third-order valence-electron chi connectivity index (χ3n) is 6.58. The Kier molecular flexibility index (Phi) is 9.25. The van der Waals surface area contributed by atoms with Gasteiger partial charge in [-0.3, -0.25) is 14.4 Å². The third-order valence-corrected chi connectivity index (χ3v) is 7.74. The number of nitrogens with zero attached hydrogens (tertiary/aromatic N) is 2. The molecule has 42 heavy (non-hydrogen) atoms. The molecule has 0 saturated carbocycles. The Labute approximate surface area is 251 Å². The Bertz CT molecular complexity index is 1670. The second-order valence-corrected chi connectivity index (χ2v) is 11.4. The van der Waals surface area contributed by atoms with Crippen LogP contribution < -0.4 is 21.3 Å². The van der Waals surface area contributed by atoms with Crippen molar-refractivity contribution in [2.24, 2.45) is 0 Å². The van der Waals surface area contributed by atoms with Crippen molar-refractivity contribution in [2.45, 2.75) is 26.2 Å². The van der Waals surface area contributed by atoms with Crippen LogP contribution in [0.1, 0.15) is 51.1 Å². The molecule has 0 bridgehead atoms. The smallest absolute Gasteiger partial charge is 0.263 e. The molecule has 4 aromatic rings. The molecule has 1 saturated heterocycles. The van der Waals surface area contributed by atoms with Gasteiger partial charge in [0.1, 0.15) is 9.84 Å². The molecule has 214 valence electrons. The molecule has 1 fully saturated rings. The monoisotopic (exact) mass is 600 g/mol. The zero-order valence-electron chi connectivity index (χ0n) is 22.7. The lowest BCUT2D eigenvalue weighted by molar-refractivity contribution is -0.115. The first kappa shape index (κ1) is 29.0. The number of hydrogen-bond acceptors (Lipinski definition) is 9. The van der Waals surface area contributed by atoms with Crippen molar-refractivity contribution in [3.8, 4) is 0 Å². The van der Waals surface area contributed by atoms with Crippen LogP contribution in [0.25, 0.3) is 17.1 Å². The van der Waals surface area contributed by atoms with Gasteiger partial charge in [0.25, 0.3) is 17.7 Å². The largest absolute Gasteiger partial charge is 0.354 e. The molecule has 4 N–H and O–H groups in total. The van der Waals surface area contributed by atoms with Crippen LogP contribution in [0, 0.1) is 6.92 Å². The van der Waals surface area contributed by atoms with E-state index in [1.54, 1.807) is 42.5 Å². The van der Waals surface area contributed by atoms with Crippen molar-refractivity contribution in [2.75, 3.05) is 18.4 Å². The molecule has 0 unspecified atom stereocenters. The van der Waals surface area contributed by atoms with Crippen LogP contribution in [0.3, 0.4) is 0 Å². The predicted octanol–water partition coefficient (Wildman–Crippen LogP) is 5.09. The minimum Gasteiger partial charge on any atom is -0.354 e. The van der Waals surface area contributed by atoms with Gasteiger partial charge in [-0.2, -0.15) is 0 Å². The van der Waals surface area contributed by atoms with Gasteiger partial charge in [-0.25, -0.2) is 4.63 Å². The SMILES string of the molecule is Cc1ccc(Nc2ccc(C(=O)NCCCCCNC(=O)c3ccc(/C=C4\SC(=S)NC4=O)cc3)cc2)c2nonc12. The summed E-state index contributed by atoms with van der Waals surface area (Å²) in [6, 6.07) is 18.1.